The molecular formula is C10H16ClN3S. The van der Waals surface area contributed by atoms with Crippen LogP contribution in [0.5, 0.6) is 0 Å². The molecular weight excluding hydrogens is 230 g/mol. The van der Waals surface area contributed by atoms with E-state index in [1.54, 1.807) is 6.07 Å². The van der Waals surface area contributed by atoms with Crippen LogP contribution in [-0.4, -0.2) is 40.2 Å². The maximum Gasteiger partial charge on any atom is 0.151 e. The van der Waals surface area contributed by atoms with Crippen molar-refractivity contribution in [2.24, 2.45) is 0 Å². The number of hydrogen-bond donors (Lipinski definition) is 0. The third-order valence-corrected chi connectivity index (χ3v) is 3.28. The van der Waals surface area contributed by atoms with E-state index in [4.69, 9.17) is 11.6 Å². The summed E-state index contributed by atoms with van der Waals surface area (Å²) in [5, 5.41) is 8.29. The second-order valence-corrected chi connectivity index (χ2v) is 4.86. The molecule has 1 aromatic heterocycles. The van der Waals surface area contributed by atoms with E-state index in [0.717, 1.165) is 18.0 Å². The SMILES string of the molecule is CSCC(C)N(C)Cc1ccc(Cl)nn1. The lowest BCUT2D eigenvalue weighted by molar-refractivity contribution is 0.265. The van der Waals surface area contributed by atoms with Crippen LogP contribution in [0.4, 0.5) is 0 Å². The highest BCUT2D eigenvalue weighted by Gasteiger charge is 2.09. The minimum absolute atomic E-state index is 0.443. The predicted octanol–water partition coefficient (Wildman–Crippen LogP) is 2.31. The van der Waals surface area contributed by atoms with Gasteiger partial charge >= 0.3 is 0 Å². The van der Waals surface area contributed by atoms with Crippen molar-refractivity contribution in [1.29, 1.82) is 0 Å². The predicted molar refractivity (Wildman–Crippen MR) is 66.4 cm³/mol. The van der Waals surface area contributed by atoms with Gasteiger partial charge in [0.2, 0.25) is 0 Å². The molecule has 0 amide bonds. The zero-order chi connectivity index (χ0) is 11.3. The van der Waals surface area contributed by atoms with Gasteiger partial charge in [-0.25, -0.2) is 0 Å². The summed E-state index contributed by atoms with van der Waals surface area (Å²) in [6.45, 7) is 3.02. The smallest absolute Gasteiger partial charge is 0.151 e. The van der Waals surface area contributed by atoms with Gasteiger partial charge in [0.25, 0.3) is 0 Å². The molecule has 5 heteroatoms. The average molecular weight is 246 g/mol. The molecule has 0 aliphatic rings. The van der Waals surface area contributed by atoms with E-state index in [2.05, 4.69) is 35.3 Å². The molecule has 1 aromatic rings. The Labute approximate surface area is 100 Å². The highest BCUT2D eigenvalue weighted by atomic mass is 35.5. The van der Waals surface area contributed by atoms with Crippen molar-refractivity contribution in [3.05, 3.63) is 23.0 Å². The van der Waals surface area contributed by atoms with Crippen molar-refractivity contribution in [3.63, 3.8) is 0 Å². The van der Waals surface area contributed by atoms with Crippen LogP contribution in [0.25, 0.3) is 0 Å². The topological polar surface area (TPSA) is 29.0 Å². The van der Waals surface area contributed by atoms with Crippen LogP contribution in [0.2, 0.25) is 5.15 Å². The maximum absolute atomic E-state index is 5.67. The molecule has 1 heterocycles. The molecule has 0 aromatic carbocycles. The Kier molecular flexibility index (Phi) is 5.36. The summed E-state index contributed by atoms with van der Waals surface area (Å²) in [4.78, 5) is 2.26. The van der Waals surface area contributed by atoms with Gasteiger partial charge in [0.05, 0.1) is 5.69 Å². The van der Waals surface area contributed by atoms with Crippen LogP contribution < -0.4 is 0 Å². The Morgan fingerprint density at radius 3 is 2.73 bits per heavy atom. The molecule has 0 aliphatic heterocycles. The maximum atomic E-state index is 5.67. The zero-order valence-corrected chi connectivity index (χ0v) is 10.8. The molecule has 3 nitrogen and oxygen atoms in total. The fraction of sp³-hybridized carbons (Fsp3) is 0.600. The Bertz CT molecular complexity index is 291. The average Bonchev–Trinajstić information content (AvgIpc) is 2.22. The van der Waals surface area contributed by atoms with Gasteiger partial charge in [0.15, 0.2) is 5.15 Å². The van der Waals surface area contributed by atoms with E-state index < -0.39 is 0 Å². The molecule has 0 aliphatic carbocycles. The lowest BCUT2D eigenvalue weighted by atomic mass is 10.3. The van der Waals surface area contributed by atoms with Crippen molar-refractivity contribution in [3.8, 4) is 0 Å². The van der Waals surface area contributed by atoms with E-state index in [0.29, 0.717) is 11.2 Å². The number of rotatable bonds is 5. The van der Waals surface area contributed by atoms with Crippen molar-refractivity contribution < 1.29 is 0 Å². The van der Waals surface area contributed by atoms with Gasteiger partial charge < -0.3 is 0 Å². The first-order chi connectivity index (χ1) is 7.13. The number of halogens is 1. The monoisotopic (exact) mass is 245 g/mol. The van der Waals surface area contributed by atoms with E-state index in [9.17, 15) is 0 Å². The first-order valence-electron chi connectivity index (χ1n) is 4.80. The molecule has 1 atom stereocenters. The fourth-order valence-corrected chi connectivity index (χ4v) is 2.05. The van der Waals surface area contributed by atoms with E-state index in [1.807, 2.05) is 17.8 Å². The van der Waals surface area contributed by atoms with Gasteiger partial charge in [-0.15, -0.1) is 5.10 Å². The Morgan fingerprint density at radius 1 is 1.47 bits per heavy atom. The highest BCUT2D eigenvalue weighted by molar-refractivity contribution is 7.98. The van der Waals surface area contributed by atoms with Gasteiger partial charge in [0, 0.05) is 18.3 Å². The van der Waals surface area contributed by atoms with Crippen molar-refractivity contribution in [1.82, 2.24) is 15.1 Å². The highest BCUT2D eigenvalue weighted by Crippen LogP contribution is 2.08. The van der Waals surface area contributed by atoms with Crippen LogP contribution >= 0.6 is 23.4 Å². The van der Waals surface area contributed by atoms with Gasteiger partial charge in [-0.05, 0) is 32.4 Å². The lowest BCUT2D eigenvalue weighted by Gasteiger charge is -2.23. The second-order valence-electron chi connectivity index (χ2n) is 3.57. The van der Waals surface area contributed by atoms with Crippen LogP contribution in [0.15, 0.2) is 12.1 Å². The van der Waals surface area contributed by atoms with E-state index >= 15 is 0 Å². The quantitative estimate of drug-likeness (QED) is 0.796. The standard InChI is InChI=1S/C10H16ClN3S/c1-8(7-15-3)14(2)6-9-4-5-10(11)13-12-9/h4-5,8H,6-7H2,1-3H3. The molecule has 0 N–H and O–H groups in total. The van der Waals surface area contributed by atoms with Gasteiger partial charge in [-0.3, -0.25) is 4.90 Å². The molecule has 0 saturated carbocycles. The zero-order valence-electron chi connectivity index (χ0n) is 9.27. The summed E-state index contributed by atoms with van der Waals surface area (Å²) < 4.78 is 0. The lowest BCUT2D eigenvalue weighted by Crippen LogP contribution is -2.30. The Balaban J connectivity index is 2.50. The van der Waals surface area contributed by atoms with E-state index in [1.165, 1.54) is 0 Å². The summed E-state index contributed by atoms with van der Waals surface area (Å²) in [5.41, 5.74) is 0.954. The minimum atomic E-state index is 0.443. The molecule has 0 fully saturated rings. The molecule has 1 unspecified atom stereocenters. The third-order valence-electron chi connectivity index (χ3n) is 2.26. The molecule has 84 valence electrons. The summed E-state index contributed by atoms with van der Waals surface area (Å²) in [6.07, 6.45) is 2.12. The minimum Gasteiger partial charge on any atom is -0.297 e. The summed E-state index contributed by atoms with van der Waals surface area (Å²) in [5.74, 6) is 1.12. The summed E-state index contributed by atoms with van der Waals surface area (Å²) >= 11 is 7.52. The number of thioether (sulfide) groups is 1. The fourth-order valence-electron chi connectivity index (χ4n) is 1.21. The normalized spacial score (nSPS) is 13.1. The molecule has 0 bridgehead atoms. The number of nitrogens with zero attached hydrogens (tertiary/aromatic N) is 3. The first kappa shape index (κ1) is 12.7. The van der Waals surface area contributed by atoms with Crippen LogP contribution in [0, 0.1) is 0 Å². The number of hydrogen-bond acceptors (Lipinski definition) is 4. The molecule has 0 radical (unpaired) electrons. The van der Waals surface area contributed by atoms with Crippen LogP contribution in [-0.2, 0) is 6.54 Å². The Morgan fingerprint density at radius 2 is 2.20 bits per heavy atom. The van der Waals surface area contributed by atoms with Crippen LogP contribution in [0.1, 0.15) is 12.6 Å². The summed E-state index contributed by atoms with van der Waals surface area (Å²) in [7, 11) is 2.09. The van der Waals surface area contributed by atoms with Gasteiger partial charge in [-0.1, -0.05) is 11.6 Å². The van der Waals surface area contributed by atoms with Gasteiger partial charge in [0.1, 0.15) is 0 Å². The van der Waals surface area contributed by atoms with Crippen molar-refractivity contribution >= 4 is 23.4 Å². The molecule has 0 saturated heterocycles. The number of aromatic nitrogens is 2. The molecule has 15 heavy (non-hydrogen) atoms. The molecule has 0 spiro atoms. The van der Waals surface area contributed by atoms with Crippen molar-refractivity contribution in [2.45, 2.75) is 19.5 Å². The van der Waals surface area contributed by atoms with Crippen molar-refractivity contribution in [2.75, 3.05) is 19.1 Å². The largest absolute Gasteiger partial charge is 0.297 e. The summed E-state index contributed by atoms with van der Waals surface area (Å²) in [6, 6.07) is 4.23. The van der Waals surface area contributed by atoms with E-state index in [-0.39, 0.29) is 0 Å². The third kappa shape index (κ3) is 4.36. The van der Waals surface area contributed by atoms with Gasteiger partial charge in [-0.2, -0.15) is 16.9 Å². The Hall–Kier alpha value is -0.320. The molecule has 1 rings (SSSR count). The second kappa shape index (κ2) is 6.30. The van der Waals surface area contributed by atoms with Crippen LogP contribution in [0.3, 0.4) is 0 Å². The first-order valence-corrected chi connectivity index (χ1v) is 6.58.